The molecule has 4 heteroatoms. The molecule has 1 atom stereocenters. The molecule has 0 radical (unpaired) electrons. The third-order valence-electron chi connectivity index (χ3n) is 3.30. The highest BCUT2D eigenvalue weighted by Crippen LogP contribution is 2.34. The third kappa shape index (κ3) is 2.69. The molecular formula is C13H16BrNO2. The van der Waals surface area contributed by atoms with Crippen molar-refractivity contribution in [2.24, 2.45) is 0 Å². The van der Waals surface area contributed by atoms with Gasteiger partial charge >= 0.3 is 5.97 Å². The molecule has 1 saturated carbocycles. The van der Waals surface area contributed by atoms with Crippen LogP contribution in [-0.2, 0) is 4.79 Å². The van der Waals surface area contributed by atoms with E-state index >= 15 is 0 Å². The smallest absolute Gasteiger partial charge is 0.325 e. The fraction of sp³-hybridized carbons (Fsp3) is 0.462. The molecule has 2 rings (SSSR count). The maximum absolute atomic E-state index is 11.5. The van der Waals surface area contributed by atoms with Crippen LogP contribution in [0.3, 0.4) is 0 Å². The first-order chi connectivity index (χ1) is 8.00. The maximum atomic E-state index is 11.5. The van der Waals surface area contributed by atoms with Gasteiger partial charge in [0.15, 0.2) is 0 Å². The van der Waals surface area contributed by atoms with Crippen molar-refractivity contribution in [3.8, 4) is 0 Å². The standard InChI is InChI=1S/C13H16BrNO2/c1-8-3-4-9(14)7-11(8)12(13(16)17)15(2)10-5-6-10/h3-4,7,10,12H,5-6H2,1-2H3,(H,16,17). The van der Waals surface area contributed by atoms with Crippen LogP contribution >= 0.6 is 15.9 Å². The minimum Gasteiger partial charge on any atom is -0.480 e. The molecule has 0 bridgehead atoms. The van der Waals surface area contributed by atoms with Crippen molar-refractivity contribution in [3.63, 3.8) is 0 Å². The summed E-state index contributed by atoms with van der Waals surface area (Å²) in [6, 6.07) is 5.69. The largest absolute Gasteiger partial charge is 0.480 e. The van der Waals surface area contributed by atoms with Gasteiger partial charge in [0, 0.05) is 10.5 Å². The number of aryl methyl sites for hydroxylation is 1. The van der Waals surface area contributed by atoms with Gasteiger partial charge in [-0.2, -0.15) is 0 Å². The number of carboxylic acids is 1. The van der Waals surface area contributed by atoms with E-state index in [0.717, 1.165) is 28.4 Å². The Morgan fingerprint density at radius 2 is 2.18 bits per heavy atom. The van der Waals surface area contributed by atoms with E-state index in [1.54, 1.807) is 0 Å². The van der Waals surface area contributed by atoms with Crippen LogP contribution in [0, 0.1) is 6.92 Å². The van der Waals surface area contributed by atoms with Crippen LogP contribution < -0.4 is 0 Å². The number of aliphatic carboxylic acids is 1. The summed E-state index contributed by atoms with van der Waals surface area (Å²) in [7, 11) is 1.90. The SMILES string of the molecule is Cc1ccc(Br)cc1C(C(=O)O)N(C)C1CC1. The summed E-state index contributed by atoms with van der Waals surface area (Å²) in [5.74, 6) is -0.777. The highest BCUT2D eigenvalue weighted by Gasteiger charge is 2.36. The van der Waals surface area contributed by atoms with Gasteiger partial charge in [-0.15, -0.1) is 0 Å². The highest BCUT2D eigenvalue weighted by atomic mass is 79.9. The van der Waals surface area contributed by atoms with E-state index in [2.05, 4.69) is 15.9 Å². The molecule has 17 heavy (non-hydrogen) atoms. The van der Waals surface area contributed by atoms with Gasteiger partial charge in [-0.3, -0.25) is 9.69 Å². The molecule has 0 spiro atoms. The molecular weight excluding hydrogens is 282 g/mol. The quantitative estimate of drug-likeness (QED) is 0.929. The summed E-state index contributed by atoms with van der Waals surface area (Å²) in [6.45, 7) is 1.96. The van der Waals surface area contributed by atoms with Crippen molar-refractivity contribution < 1.29 is 9.90 Å². The Morgan fingerprint density at radius 3 is 2.71 bits per heavy atom. The molecule has 1 fully saturated rings. The van der Waals surface area contributed by atoms with Crippen LogP contribution in [0.25, 0.3) is 0 Å². The predicted octanol–water partition coefficient (Wildman–Crippen LogP) is 2.98. The zero-order chi connectivity index (χ0) is 12.6. The van der Waals surface area contributed by atoms with Crippen molar-refractivity contribution in [2.75, 3.05) is 7.05 Å². The number of rotatable bonds is 4. The molecule has 92 valence electrons. The molecule has 1 N–H and O–H groups in total. The Kier molecular flexibility index (Phi) is 3.54. The number of halogens is 1. The topological polar surface area (TPSA) is 40.5 Å². The Hall–Kier alpha value is -0.870. The van der Waals surface area contributed by atoms with Crippen molar-refractivity contribution in [1.82, 2.24) is 4.90 Å². The number of hydrogen-bond acceptors (Lipinski definition) is 2. The van der Waals surface area contributed by atoms with E-state index in [1.807, 2.05) is 37.1 Å². The zero-order valence-electron chi connectivity index (χ0n) is 9.98. The van der Waals surface area contributed by atoms with Crippen LogP contribution in [0.1, 0.15) is 30.0 Å². The van der Waals surface area contributed by atoms with Crippen molar-refractivity contribution in [2.45, 2.75) is 31.8 Å². The third-order valence-corrected chi connectivity index (χ3v) is 3.79. The normalized spacial score (nSPS) is 17.2. The first kappa shape index (κ1) is 12.6. The molecule has 0 heterocycles. The minimum absolute atomic E-state index is 0.425. The first-order valence-corrected chi connectivity index (χ1v) is 6.51. The van der Waals surface area contributed by atoms with Crippen LogP contribution in [0.4, 0.5) is 0 Å². The monoisotopic (exact) mass is 297 g/mol. The molecule has 1 aromatic rings. The Balaban J connectivity index is 2.37. The maximum Gasteiger partial charge on any atom is 0.325 e. The lowest BCUT2D eigenvalue weighted by atomic mass is 10.0. The van der Waals surface area contributed by atoms with Crippen molar-refractivity contribution >= 4 is 21.9 Å². The van der Waals surface area contributed by atoms with E-state index in [-0.39, 0.29) is 0 Å². The highest BCUT2D eigenvalue weighted by molar-refractivity contribution is 9.10. The Morgan fingerprint density at radius 1 is 1.53 bits per heavy atom. The van der Waals surface area contributed by atoms with E-state index in [9.17, 15) is 9.90 Å². The second-order valence-corrected chi connectivity index (χ2v) is 5.55. The molecule has 0 saturated heterocycles. The fourth-order valence-corrected chi connectivity index (χ4v) is 2.50. The van der Waals surface area contributed by atoms with Gasteiger partial charge in [0.05, 0.1) is 0 Å². The molecule has 0 aromatic heterocycles. The fourth-order valence-electron chi connectivity index (χ4n) is 2.13. The van der Waals surface area contributed by atoms with E-state index in [0.29, 0.717) is 6.04 Å². The number of nitrogens with zero attached hydrogens (tertiary/aromatic N) is 1. The van der Waals surface area contributed by atoms with Gasteiger partial charge in [0.25, 0.3) is 0 Å². The van der Waals surface area contributed by atoms with Gasteiger partial charge < -0.3 is 5.11 Å². The number of carbonyl (C=O) groups is 1. The molecule has 1 aliphatic carbocycles. The number of likely N-dealkylation sites (N-methyl/N-ethyl adjacent to an activating group) is 1. The molecule has 3 nitrogen and oxygen atoms in total. The lowest BCUT2D eigenvalue weighted by molar-refractivity contribution is -0.143. The van der Waals surface area contributed by atoms with Gasteiger partial charge in [-0.25, -0.2) is 0 Å². The number of benzene rings is 1. The Labute approximate surface area is 110 Å². The average Bonchev–Trinajstić information content (AvgIpc) is 3.06. The molecule has 0 aliphatic heterocycles. The lowest BCUT2D eigenvalue weighted by Gasteiger charge is -2.26. The summed E-state index contributed by atoms with van der Waals surface area (Å²) in [5, 5.41) is 9.43. The Bertz CT molecular complexity index is 443. The first-order valence-electron chi connectivity index (χ1n) is 5.71. The van der Waals surface area contributed by atoms with E-state index < -0.39 is 12.0 Å². The van der Waals surface area contributed by atoms with Crippen LogP contribution in [0.5, 0.6) is 0 Å². The number of hydrogen-bond donors (Lipinski definition) is 1. The summed E-state index contributed by atoms with van der Waals surface area (Å²) in [5.41, 5.74) is 1.90. The molecule has 0 amide bonds. The summed E-state index contributed by atoms with van der Waals surface area (Å²) in [4.78, 5) is 13.4. The second kappa shape index (κ2) is 4.78. The van der Waals surface area contributed by atoms with Gasteiger partial charge in [-0.1, -0.05) is 22.0 Å². The van der Waals surface area contributed by atoms with E-state index in [4.69, 9.17) is 0 Å². The minimum atomic E-state index is -0.777. The molecule has 1 aromatic carbocycles. The van der Waals surface area contributed by atoms with E-state index in [1.165, 1.54) is 0 Å². The average molecular weight is 298 g/mol. The summed E-state index contributed by atoms with van der Waals surface area (Å²) in [6.07, 6.45) is 2.21. The summed E-state index contributed by atoms with van der Waals surface area (Å²) >= 11 is 3.40. The van der Waals surface area contributed by atoms with Gasteiger partial charge in [0.2, 0.25) is 0 Å². The van der Waals surface area contributed by atoms with Gasteiger partial charge in [-0.05, 0) is 50.1 Å². The van der Waals surface area contributed by atoms with Crippen LogP contribution in [0.2, 0.25) is 0 Å². The summed E-state index contributed by atoms with van der Waals surface area (Å²) < 4.78 is 0.925. The van der Waals surface area contributed by atoms with Crippen LogP contribution in [-0.4, -0.2) is 29.1 Å². The second-order valence-electron chi connectivity index (χ2n) is 4.64. The predicted molar refractivity (Wildman–Crippen MR) is 70.0 cm³/mol. The molecule has 1 unspecified atom stereocenters. The lowest BCUT2D eigenvalue weighted by Crippen LogP contribution is -2.33. The van der Waals surface area contributed by atoms with Crippen molar-refractivity contribution in [3.05, 3.63) is 33.8 Å². The van der Waals surface area contributed by atoms with Crippen LogP contribution in [0.15, 0.2) is 22.7 Å². The van der Waals surface area contributed by atoms with Crippen molar-refractivity contribution in [1.29, 1.82) is 0 Å². The zero-order valence-corrected chi connectivity index (χ0v) is 11.6. The van der Waals surface area contributed by atoms with Gasteiger partial charge in [0.1, 0.15) is 6.04 Å². The number of carboxylic acid groups (broad SMARTS) is 1. The molecule has 1 aliphatic rings.